The van der Waals surface area contributed by atoms with E-state index in [1.54, 1.807) is 12.1 Å². The first-order valence-corrected chi connectivity index (χ1v) is 10.8. The van der Waals surface area contributed by atoms with Gasteiger partial charge in [0.25, 0.3) is 0 Å². The molecule has 1 saturated carbocycles. The number of benzene rings is 1. The molecule has 1 N–H and O–H groups in total. The van der Waals surface area contributed by atoms with Gasteiger partial charge in [-0.05, 0) is 55.9 Å². The van der Waals surface area contributed by atoms with Crippen LogP contribution in [0.2, 0.25) is 0 Å². The molecule has 25 heavy (non-hydrogen) atoms. The lowest BCUT2D eigenvalue weighted by atomic mass is 9.99. The molecule has 1 heterocycles. The molecule has 6 nitrogen and oxygen atoms in total. The fourth-order valence-corrected chi connectivity index (χ4v) is 3.98. The molecule has 2 fully saturated rings. The molecule has 0 atom stereocenters. The number of amides is 1. The van der Waals surface area contributed by atoms with Gasteiger partial charge in [-0.1, -0.05) is 6.92 Å². The van der Waals surface area contributed by atoms with Crippen LogP contribution in [0.25, 0.3) is 0 Å². The largest absolute Gasteiger partial charge is 0.372 e. The minimum atomic E-state index is -3.51. The summed E-state index contributed by atoms with van der Waals surface area (Å²) < 4.78 is 25.4. The zero-order valence-electron chi connectivity index (χ0n) is 14.9. The molecule has 0 bridgehead atoms. The summed E-state index contributed by atoms with van der Waals surface area (Å²) >= 11 is 0. The first kappa shape index (κ1) is 18.0. The van der Waals surface area contributed by atoms with Crippen LogP contribution in [0.15, 0.2) is 24.3 Å². The standard InChI is InChI=1S/C18H27N3O3S/c1-14-9-11-20(12-10-14)16-5-7-17(8-6-16)21(25(2,23)24)13-18(22)19-15-3-4-15/h5-8,14-15H,3-4,9-13H2,1-2H3,(H,19,22). The van der Waals surface area contributed by atoms with Crippen molar-refractivity contribution in [2.45, 2.75) is 38.6 Å². The summed E-state index contributed by atoms with van der Waals surface area (Å²) in [6.07, 6.45) is 5.45. The number of sulfonamides is 1. The molecular weight excluding hydrogens is 338 g/mol. The molecule has 0 spiro atoms. The lowest BCUT2D eigenvalue weighted by molar-refractivity contribution is -0.119. The van der Waals surface area contributed by atoms with E-state index in [2.05, 4.69) is 17.1 Å². The Morgan fingerprint density at radius 3 is 2.28 bits per heavy atom. The van der Waals surface area contributed by atoms with Gasteiger partial charge < -0.3 is 10.2 Å². The predicted molar refractivity (Wildman–Crippen MR) is 100 cm³/mol. The van der Waals surface area contributed by atoms with Crippen LogP contribution in [-0.2, 0) is 14.8 Å². The number of nitrogens with one attached hydrogen (secondary N) is 1. The summed E-state index contributed by atoms with van der Waals surface area (Å²) in [5, 5.41) is 2.84. The summed E-state index contributed by atoms with van der Waals surface area (Å²) in [4.78, 5) is 14.4. The Kier molecular flexibility index (Phi) is 5.22. The van der Waals surface area contributed by atoms with E-state index in [-0.39, 0.29) is 18.5 Å². The summed E-state index contributed by atoms with van der Waals surface area (Å²) in [5.41, 5.74) is 1.63. The smallest absolute Gasteiger partial charge is 0.240 e. The maximum absolute atomic E-state index is 12.1. The van der Waals surface area contributed by atoms with E-state index >= 15 is 0 Å². The third-order valence-electron chi connectivity index (χ3n) is 4.92. The summed E-state index contributed by atoms with van der Waals surface area (Å²) in [7, 11) is -3.51. The third-order valence-corrected chi connectivity index (χ3v) is 6.06. The molecule has 138 valence electrons. The first-order chi connectivity index (χ1) is 11.8. The minimum Gasteiger partial charge on any atom is -0.372 e. The molecule has 1 aliphatic heterocycles. The van der Waals surface area contributed by atoms with Crippen LogP contribution in [0.1, 0.15) is 32.6 Å². The topological polar surface area (TPSA) is 69.7 Å². The maximum atomic E-state index is 12.1. The Morgan fingerprint density at radius 1 is 1.16 bits per heavy atom. The van der Waals surface area contributed by atoms with Crippen molar-refractivity contribution in [3.63, 3.8) is 0 Å². The monoisotopic (exact) mass is 365 g/mol. The Bertz CT molecular complexity index is 706. The Morgan fingerprint density at radius 2 is 1.76 bits per heavy atom. The minimum absolute atomic E-state index is 0.171. The van der Waals surface area contributed by atoms with Crippen molar-refractivity contribution in [1.82, 2.24) is 5.32 Å². The number of anilines is 2. The van der Waals surface area contributed by atoms with Crippen LogP contribution in [0.4, 0.5) is 11.4 Å². The second kappa shape index (κ2) is 7.23. The van der Waals surface area contributed by atoms with Crippen molar-refractivity contribution >= 4 is 27.3 Å². The van der Waals surface area contributed by atoms with Gasteiger partial charge in [0.1, 0.15) is 6.54 Å². The molecular formula is C18H27N3O3S. The average molecular weight is 365 g/mol. The molecule has 1 amide bonds. The number of rotatable bonds is 6. The number of carbonyl (C=O) groups is 1. The Balaban J connectivity index is 1.71. The maximum Gasteiger partial charge on any atom is 0.240 e. The molecule has 0 unspecified atom stereocenters. The van der Waals surface area contributed by atoms with Crippen molar-refractivity contribution in [2.24, 2.45) is 5.92 Å². The van der Waals surface area contributed by atoms with Crippen molar-refractivity contribution in [1.29, 1.82) is 0 Å². The molecule has 0 aromatic heterocycles. The van der Waals surface area contributed by atoms with E-state index in [1.807, 2.05) is 12.1 Å². The van der Waals surface area contributed by atoms with Gasteiger partial charge in [0, 0.05) is 24.8 Å². The number of nitrogens with zero attached hydrogens (tertiary/aromatic N) is 2. The Hall–Kier alpha value is -1.76. The van der Waals surface area contributed by atoms with Gasteiger partial charge in [-0.25, -0.2) is 8.42 Å². The highest BCUT2D eigenvalue weighted by atomic mass is 32.2. The SMILES string of the molecule is CC1CCN(c2ccc(N(CC(=O)NC3CC3)S(C)(=O)=O)cc2)CC1. The van der Waals surface area contributed by atoms with E-state index in [0.717, 1.165) is 43.8 Å². The van der Waals surface area contributed by atoms with Crippen LogP contribution in [0.5, 0.6) is 0 Å². The third kappa shape index (κ3) is 4.87. The van der Waals surface area contributed by atoms with Crippen molar-refractivity contribution in [2.75, 3.05) is 35.1 Å². The van der Waals surface area contributed by atoms with E-state index in [0.29, 0.717) is 5.69 Å². The van der Waals surface area contributed by atoms with Crippen molar-refractivity contribution < 1.29 is 13.2 Å². The molecule has 1 aromatic rings. The van der Waals surface area contributed by atoms with Crippen molar-refractivity contribution in [3.8, 4) is 0 Å². The van der Waals surface area contributed by atoms with Crippen molar-refractivity contribution in [3.05, 3.63) is 24.3 Å². The number of piperidine rings is 1. The highest BCUT2D eigenvalue weighted by Crippen LogP contribution is 2.26. The molecule has 3 rings (SSSR count). The fraction of sp³-hybridized carbons (Fsp3) is 0.611. The highest BCUT2D eigenvalue weighted by molar-refractivity contribution is 7.92. The van der Waals surface area contributed by atoms with Gasteiger partial charge in [-0.2, -0.15) is 0 Å². The van der Waals surface area contributed by atoms with E-state index in [1.165, 1.54) is 17.1 Å². The van der Waals surface area contributed by atoms with Gasteiger partial charge in [0.15, 0.2) is 0 Å². The second-order valence-corrected chi connectivity index (χ2v) is 9.20. The molecule has 7 heteroatoms. The van der Waals surface area contributed by atoms with Gasteiger partial charge in [-0.3, -0.25) is 9.10 Å². The first-order valence-electron chi connectivity index (χ1n) is 8.95. The quantitative estimate of drug-likeness (QED) is 0.837. The second-order valence-electron chi connectivity index (χ2n) is 7.30. The molecule has 2 aliphatic rings. The number of hydrogen-bond acceptors (Lipinski definition) is 4. The van der Waals surface area contributed by atoms with Crippen LogP contribution < -0.4 is 14.5 Å². The zero-order chi connectivity index (χ0) is 18.0. The van der Waals surface area contributed by atoms with Gasteiger partial charge in [-0.15, -0.1) is 0 Å². The molecule has 0 radical (unpaired) electrons. The molecule has 1 aromatic carbocycles. The van der Waals surface area contributed by atoms with Crippen LogP contribution in [-0.4, -0.2) is 46.3 Å². The van der Waals surface area contributed by atoms with Crippen LogP contribution >= 0.6 is 0 Å². The predicted octanol–water partition coefficient (Wildman–Crippen LogP) is 1.97. The van der Waals surface area contributed by atoms with Gasteiger partial charge >= 0.3 is 0 Å². The normalized spacial score (nSPS) is 18.9. The van der Waals surface area contributed by atoms with Crippen LogP contribution in [0.3, 0.4) is 0 Å². The van der Waals surface area contributed by atoms with Gasteiger partial charge in [0.05, 0.1) is 11.9 Å². The average Bonchev–Trinajstić information content (AvgIpc) is 3.36. The van der Waals surface area contributed by atoms with E-state index in [4.69, 9.17) is 0 Å². The summed E-state index contributed by atoms with van der Waals surface area (Å²) in [5.74, 6) is 0.517. The lowest BCUT2D eigenvalue weighted by Gasteiger charge is -2.32. The van der Waals surface area contributed by atoms with E-state index in [9.17, 15) is 13.2 Å². The molecule has 1 aliphatic carbocycles. The Labute approximate surface area is 150 Å². The number of hydrogen-bond donors (Lipinski definition) is 1. The van der Waals surface area contributed by atoms with Gasteiger partial charge in [0.2, 0.25) is 15.9 Å². The zero-order valence-corrected chi connectivity index (χ0v) is 15.8. The van der Waals surface area contributed by atoms with Crippen LogP contribution in [0, 0.1) is 5.92 Å². The summed E-state index contributed by atoms with van der Waals surface area (Å²) in [6.45, 7) is 4.16. The lowest BCUT2D eigenvalue weighted by Crippen LogP contribution is -2.41. The van der Waals surface area contributed by atoms with E-state index < -0.39 is 10.0 Å². The number of carbonyl (C=O) groups excluding carboxylic acids is 1. The fourth-order valence-electron chi connectivity index (χ4n) is 3.13. The summed E-state index contributed by atoms with van der Waals surface area (Å²) in [6, 6.07) is 7.69. The molecule has 1 saturated heterocycles. The highest BCUT2D eigenvalue weighted by Gasteiger charge is 2.27.